The summed E-state index contributed by atoms with van der Waals surface area (Å²) in [5.41, 5.74) is 3.23. The molecule has 0 aliphatic carbocycles. The zero-order valence-electron chi connectivity index (χ0n) is 19.2. The van der Waals surface area contributed by atoms with Crippen molar-refractivity contribution in [2.24, 2.45) is 0 Å². The fourth-order valence-electron chi connectivity index (χ4n) is 4.92. The van der Waals surface area contributed by atoms with Gasteiger partial charge in [-0.3, -0.25) is 0 Å². The molecule has 1 aromatic carbocycles. The average Bonchev–Trinajstić information content (AvgIpc) is 3.61. The van der Waals surface area contributed by atoms with E-state index in [1.807, 2.05) is 23.0 Å². The number of hydrogen-bond donors (Lipinski definition) is 0. The molecule has 0 bridgehead atoms. The number of nitrogens with zero attached hydrogens (tertiary/aromatic N) is 7. The van der Waals surface area contributed by atoms with E-state index in [0.717, 1.165) is 60.5 Å². The molecule has 8 nitrogen and oxygen atoms in total. The molecular weight excluding hydrogens is 426 g/mol. The monoisotopic (exact) mass is 453 g/mol. The highest BCUT2D eigenvalue weighted by atomic mass is 16.5. The number of fused-ring (bicyclic) bond motifs is 1. The first-order valence-corrected chi connectivity index (χ1v) is 11.9. The number of rotatable bonds is 6. The van der Waals surface area contributed by atoms with Crippen molar-refractivity contribution >= 4 is 5.82 Å². The first-order chi connectivity index (χ1) is 16.7. The maximum absolute atomic E-state index is 5.92. The third kappa shape index (κ3) is 4.17. The van der Waals surface area contributed by atoms with Crippen LogP contribution in [0.1, 0.15) is 30.1 Å². The fourth-order valence-corrected chi connectivity index (χ4v) is 4.92. The largest absolute Gasteiger partial charge is 0.376 e. The Morgan fingerprint density at radius 3 is 2.68 bits per heavy atom. The van der Waals surface area contributed by atoms with Crippen molar-refractivity contribution in [1.29, 1.82) is 0 Å². The van der Waals surface area contributed by atoms with E-state index in [1.54, 1.807) is 12.4 Å². The molecule has 5 heterocycles. The molecule has 0 unspecified atom stereocenters. The molecule has 4 aromatic rings. The highest BCUT2D eigenvalue weighted by Crippen LogP contribution is 2.33. The first-order valence-electron chi connectivity index (χ1n) is 11.9. The first kappa shape index (κ1) is 20.9. The van der Waals surface area contributed by atoms with E-state index >= 15 is 0 Å². The van der Waals surface area contributed by atoms with Gasteiger partial charge in [0.25, 0.3) is 0 Å². The molecule has 2 atom stereocenters. The van der Waals surface area contributed by atoms with E-state index in [-0.39, 0.29) is 0 Å². The van der Waals surface area contributed by atoms with Crippen molar-refractivity contribution in [3.05, 3.63) is 78.3 Å². The molecule has 34 heavy (non-hydrogen) atoms. The minimum absolute atomic E-state index is 0.303. The van der Waals surface area contributed by atoms with Crippen LogP contribution >= 0.6 is 0 Å². The maximum Gasteiger partial charge on any atom is 0.159 e. The van der Waals surface area contributed by atoms with Crippen LogP contribution in [0.5, 0.6) is 0 Å². The van der Waals surface area contributed by atoms with Crippen LogP contribution in [-0.2, 0) is 17.6 Å². The Kier molecular flexibility index (Phi) is 5.50. The number of hydrogen-bond acceptors (Lipinski definition) is 7. The average molecular weight is 454 g/mol. The second-order valence-electron chi connectivity index (χ2n) is 8.93. The van der Waals surface area contributed by atoms with Crippen LogP contribution in [0.3, 0.4) is 0 Å². The number of benzene rings is 1. The van der Waals surface area contributed by atoms with Gasteiger partial charge in [0.1, 0.15) is 17.5 Å². The number of aromatic nitrogens is 6. The van der Waals surface area contributed by atoms with Gasteiger partial charge in [-0.2, -0.15) is 5.10 Å². The van der Waals surface area contributed by atoms with Gasteiger partial charge in [0.2, 0.25) is 0 Å². The summed E-state index contributed by atoms with van der Waals surface area (Å²) in [6.07, 6.45) is 9.24. The molecule has 2 aliphatic rings. The summed E-state index contributed by atoms with van der Waals surface area (Å²) < 4.78 is 7.77. The summed E-state index contributed by atoms with van der Waals surface area (Å²) >= 11 is 0. The van der Waals surface area contributed by atoms with Gasteiger partial charge in [-0.1, -0.05) is 23.8 Å². The highest BCUT2D eigenvalue weighted by Gasteiger charge is 2.39. The van der Waals surface area contributed by atoms with Gasteiger partial charge in [0, 0.05) is 56.2 Å². The molecule has 0 N–H and O–H groups in total. The smallest absolute Gasteiger partial charge is 0.159 e. The lowest BCUT2D eigenvalue weighted by atomic mass is 10.1. The van der Waals surface area contributed by atoms with Crippen LogP contribution in [0.4, 0.5) is 5.82 Å². The van der Waals surface area contributed by atoms with Crippen LogP contribution in [0, 0.1) is 6.92 Å². The van der Waals surface area contributed by atoms with Crippen LogP contribution in [-0.4, -0.2) is 55.0 Å². The zero-order valence-corrected chi connectivity index (χ0v) is 19.2. The summed E-state index contributed by atoms with van der Waals surface area (Å²) in [4.78, 5) is 20.9. The molecule has 0 amide bonds. The van der Waals surface area contributed by atoms with Crippen molar-refractivity contribution in [2.75, 3.05) is 18.1 Å². The van der Waals surface area contributed by atoms with Crippen molar-refractivity contribution in [1.82, 2.24) is 29.7 Å². The molecule has 172 valence electrons. The van der Waals surface area contributed by atoms with Crippen LogP contribution in [0.15, 0.2) is 61.1 Å². The van der Waals surface area contributed by atoms with Crippen LogP contribution in [0.25, 0.3) is 17.1 Å². The summed E-state index contributed by atoms with van der Waals surface area (Å²) in [7, 11) is 0. The van der Waals surface area contributed by atoms with E-state index in [9.17, 15) is 0 Å². The van der Waals surface area contributed by atoms with E-state index in [2.05, 4.69) is 52.1 Å². The Bertz CT molecular complexity index is 1290. The third-order valence-electron chi connectivity index (χ3n) is 6.60. The molecular formula is C26H27N7O. The molecule has 2 aliphatic heterocycles. The Morgan fingerprint density at radius 1 is 0.941 bits per heavy atom. The lowest BCUT2D eigenvalue weighted by molar-refractivity contribution is 0.113. The van der Waals surface area contributed by atoms with Gasteiger partial charge in [-0.15, -0.1) is 0 Å². The highest BCUT2D eigenvalue weighted by molar-refractivity contribution is 5.60. The van der Waals surface area contributed by atoms with Gasteiger partial charge in [-0.25, -0.2) is 24.6 Å². The molecule has 8 heteroatoms. The van der Waals surface area contributed by atoms with Gasteiger partial charge >= 0.3 is 0 Å². The third-order valence-corrected chi connectivity index (χ3v) is 6.60. The summed E-state index contributed by atoms with van der Waals surface area (Å²) in [5, 5.41) is 4.84. The quantitative estimate of drug-likeness (QED) is 0.441. The summed E-state index contributed by atoms with van der Waals surface area (Å²) in [5.74, 6) is 3.29. The minimum Gasteiger partial charge on any atom is -0.376 e. The predicted molar refractivity (Wildman–Crippen MR) is 129 cm³/mol. The molecule has 6 rings (SSSR count). The topological polar surface area (TPSA) is 81.9 Å². The number of anilines is 1. The summed E-state index contributed by atoms with van der Waals surface area (Å²) in [6, 6.07) is 14.7. The lowest BCUT2D eigenvalue weighted by Crippen LogP contribution is -2.33. The summed E-state index contributed by atoms with van der Waals surface area (Å²) in [6.45, 7) is 3.86. The fraction of sp³-hybridized carbons (Fsp3) is 0.346. The van der Waals surface area contributed by atoms with E-state index in [4.69, 9.17) is 19.8 Å². The van der Waals surface area contributed by atoms with Crippen molar-refractivity contribution in [3.63, 3.8) is 0 Å². The molecule has 2 saturated heterocycles. The van der Waals surface area contributed by atoms with Crippen molar-refractivity contribution < 1.29 is 4.74 Å². The Labute approximate surface area is 198 Å². The van der Waals surface area contributed by atoms with E-state index < -0.39 is 0 Å². The minimum atomic E-state index is 0.303. The zero-order chi connectivity index (χ0) is 22.9. The molecule has 0 spiro atoms. The second kappa shape index (κ2) is 8.95. The van der Waals surface area contributed by atoms with Crippen molar-refractivity contribution in [3.8, 4) is 17.1 Å². The number of ether oxygens (including phenoxy) is 1. The van der Waals surface area contributed by atoms with E-state index in [0.29, 0.717) is 25.0 Å². The standard InChI is InChI=1S/C26H27N7O/c1-18-4-2-5-19(16-18)20-8-14-33(31-20)26-17-25(32-13-9-22-21(32)10-15-34-22)29-24(30-26)7-6-23-27-11-3-12-28-23/h2-5,8,11-12,14,16-17,21-22H,6-7,9-10,13,15H2,1H3/t21-,22-/m1/s1. The lowest BCUT2D eigenvalue weighted by Gasteiger charge is -2.24. The van der Waals surface area contributed by atoms with Gasteiger partial charge in [0.05, 0.1) is 17.8 Å². The normalized spacial score (nSPS) is 19.5. The Morgan fingerprint density at radius 2 is 1.79 bits per heavy atom. The van der Waals surface area contributed by atoms with E-state index in [1.165, 1.54) is 5.56 Å². The Hall–Kier alpha value is -3.65. The molecule has 3 aromatic heterocycles. The second-order valence-corrected chi connectivity index (χ2v) is 8.93. The van der Waals surface area contributed by atoms with Gasteiger partial charge in [0.15, 0.2) is 5.82 Å². The van der Waals surface area contributed by atoms with Crippen LogP contribution in [0.2, 0.25) is 0 Å². The maximum atomic E-state index is 5.92. The number of aryl methyl sites for hydroxylation is 3. The van der Waals surface area contributed by atoms with Gasteiger partial charge < -0.3 is 9.64 Å². The van der Waals surface area contributed by atoms with Gasteiger partial charge in [-0.05, 0) is 38.0 Å². The Balaban J connectivity index is 1.34. The molecule has 0 radical (unpaired) electrons. The molecule has 0 saturated carbocycles. The molecule has 2 fully saturated rings. The SMILES string of the molecule is Cc1cccc(-c2ccn(-c3cc(N4CC[C@H]5OCC[C@H]54)nc(CCc4ncccn4)n3)n2)c1. The van der Waals surface area contributed by atoms with Crippen LogP contribution < -0.4 is 4.90 Å². The predicted octanol–water partition coefficient (Wildman–Crippen LogP) is 3.58. The van der Waals surface area contributed by atoms with Crippen molar-refractivity contribution in [2.45, 2.75) is 44.8 Å².